The molecule has 1 aromatic heterocycles. The number of hydrogen-bond donors (Lipinski definition) is 2. The third-order valence-corrected chi connectivity index (χ3v) is 4.33. The number of ether oxygens (including phenoxy) is 1. The van der Waals surface area contributed by atoms with Gasteiger partial charge in [0.25, 0.3) is 0 Å². The van der Waals surface area contributed by atoms with E-state index in [2.05, 4.69) is 20.6 Å². The van der Waals surface area contributed by atoms with E-state index >= 15 is 0 Å². The predicted octanol–water partition coefficient (Wildman–Crippen LogP) is 3.88. The van der Waals surface area contributed by atoms with Gasteiger partial charge in [-0.15, -0.1) is 0 Å². The molecular weight excluding hydrogens is 316 g/mol. The van der Waals surface area contributed by atoms with Gasteiger partial charge in [-0.25, -0.2) is 14.8 Å². The van der Waals surface area contributed by atoms with Crippen molar-refractivity contribution in [2.45, 2.75) is 64.1 Å². The van der Waals surface area contributed by atoms with Crippen molar-refractivity contribution in [3.05, 3.63) is 30.6 Å². The normalized spacial score (nSPS) is 20.9. The van der Waals surface area contributed by atoms with Crippen molar-refractivity contribution in [3.63, 3.8) is 0 Å². The van der Waals surface area contributed by atoms with Gasteiger partial charge in [0, 0.05) is 17.5 Å². The van der Waals surface area contributed by atoms with Gasteiger partial charge in [-0.3, -0.25) is 0 Å². The number of para-hydroxylation sites is 1. The molecule has 1 amide bonds. The first-order valence-corrected chi connectivity index (χ1v) is 8.86. The first kappa shape index (κ1) is 17.5. The summed E-state index contributed by atoms with van der Waals surface area (Å²) in [6, 6.07) is 8.53. The minimum Gasteiger partial charge on any atom is -0.444 e. The number of nitrogens with zero attached hydrogens (tertiary/aromatic N) is 2. The maximum atomic E-state index is 11.9. The van der Waals surface area contributed by atoms with Crippen LogP contribution in [-0.4, -0.2) is 33.7 Å². The zero-order valence-electron chi connectivity index (χ0n) is 15.1. The summed E-state index contributed by atoms with van der Waals surface area (Å²) in [7, 11) is 0. The number of aromatic nitrogens is 2. The SMILES string of the molecule is CC(C)(C)OC(=O)NC1CCC(Nc2ncnc3ccccc23)CC1. The van der Waals surface area contributed by atoms with Crippen molar-refractivity contribution in [1.82, 2.24) is 15.3 Å². The molecule has 0 unspecified atom stereocenters. The molecule has 1 aliphatic carbocycles. The van der Waals surface area contributed by atoms with Gasteiger partial charge >= 0.3 is 6.09 Å². The quantitative estimate of drug-likeness (QED) is 0.885. The molecule has 0 bridgehead atoms. The van der Waals surface area contributed by atoms with Crippen LogP contribution in [0.25, 0.3) is 10.9 Å². The lowest BCUT2D eigenvalue weighted by atomic mass is 9.91. The van der Waals surface area contributed by atoms with Crippen LogP contribution in [0, 0.1) is 0 Å². The van der Waals surface area contributed by atoms with Crippen LogP contribution in [0.3, 0.4) is 0 Å². The summed E-state index contributed by atoms with van der Waals surface area (Å²) in [6.45, 7) is 5.62. The van der Waals surface area contributed by atoms with Gasteiger partial charge in [0.2, 0.25) is 0 Å². The van der Waals surface area contributed by atoms with Crippen molar-refractivity contribution >= 4 is 22.8 Å². The average molecular weight is 342 g/mol. The number of benzene rings is 1. The molecule has 3 rings (SSSR count). The molecule has 0 spiro atoms. The second kappa shape index (κ2) is 7.25. The Kier molecular flexibility index (Phi) is 5.06. The van der Waals surface area contributed by atoms with Gasteiger partial charge < -0.3 is 15.4 Å². The molecular formula is C19H26N4O2. The standard InChI is InChI=1S/C19H26N4O2/c1-19(2,3)25-18(24)23-14-10-8-13(9-11-14)22-17-15-6-4-5-7-16(15)20-12-21-17/h4-7,12-14H,8-11H2,1-3H3,(H,23,24)(H,20,21,22). The molecule has 134 valence electrons. The number of alkyl carbamates (subject to hydrolysis) is 1. The summed E-state index contributed by atoms with van der Waals surface area (Å²) in [5, 5.41) is 7.56. The van der Waals surface area contributed by atoms with E-state index < -0.39 is 5.60 Å². The second-order valence-electron chi connectivity index (χ2n) is 7.58. The summed E-state index contributed by atoms with van der Waals surface area (Å²) in [4.78, 5) is 20.6. The Morgan fingerprint density at radius 2 is 1.76 bits per heavy atom. The highest BCUT2D eigenvalue weighted by atomic mass is 16.6. The Hall–Kier alpha value is -2.37. The van der Waals surface area contributed by atoms with Gasteiger partial charge in [0.15, 0.2) is 0 Å². The van der Waals surface area contributed by atoms with Crippen molar-refractivity contribution in [3.8, 4) is 0 Å². The number of hydrogen-bond acceptors (Lipinski definition) is 5. The molecule has 2 aromatic rings. The molecule has 0 saturated heterocycles. The van der Waals surface area contributed by atoms with Crippen molar-refractivity contribution < 1.29 is 9.53 Å². The average Bonchev–Trinajstić information content (AvgIpc) is 2.55. The van der Waals surface area contributed by atoms with E-state index in [1.807, 2.05) is 45.0 Å². The Bertz CT molecular complexity index is 728. The first-order chi connectivity index (χ1) is 11.9. The molecule has 1 aromatic carbocycles. The summed E-state index contributed by atoms with van der Waals surface area (Å²) >= 11 is 0. The van der Waals surface area contributed by atoms with Gasteiger partial charge in [-0.1, -0.05) is 12.1 Å². The minimum atomic E-state index is -0.461. The molecule has 6 heteroatoms. The lowest BCUT2D eigenvalue weighted by Crippen LogP contribution is -2.42. The minimum absolute atomic E-state index is 0.176. The monoisotopic (exact) mass is 342 g/mol. The fourth-order valence-corrected chi connectivity index (χ4v) is 3.17. The largest absolute Gasteiger partial charge is 0.444 e. The van der Waals surface area contributed by atoms with Gasteiger partial charge in [0.05, 0.1) is 5.52 Å². The molecule has 1 heterocycles. The number of carbonyl (C=O) groups excluding carboxylic acids is 1. The molecule has 1 fully saturated rings. The molecule has 2 N–H and O–H groups in total. The Morgan fingerprint density at radius 3 is 2.48 bits per heavy atom. The molecule has 6 nitrogen and oxygen atoms in total. The van der Waals surface area contributed by atoms with E-state index in [1.54, 1.807) is 6.33 Å². The third-order valence-electron chi connectivity index (χ3n) is 4.33. The number of rotatable bonds is 3. The molecule has 1 aliphatic rings. The fraction of sp³-hybridized carbons (Fsp3) is 0.526. The predicted molar refractivity (Wildman–Crippen MR) is 98.6 cm³/mol. The van der Waals surface area contributed by atoms with Crippen molar-refractivity contribution in [2.75, 3.05) is 5.32 Å². The highest BCUT2D eigenvalue weighted by molar-refractivity contribution is 5.88. The Labute approximate surface area is 148 Å². The Morgan fingerprint density at radius 1 is 1.08 bits per heavy atom. The number of fused-ring (bicyclic) bond motifs is 1. The topological polar surface area (TPSA) is 76.1 Å². The van der Waals surface area contributed by atoms with Gasteiger partial charge in [-0.05, 0) is 58.6 Å². The van der Waals surface area contributed by atoms with Crippen molar-refractivity contribution in [2.24, 2.45) is 0 Å². The van der Waals surface area contributed by atoms with E-state index in [9.17, 15) is 4.79 Å². The number of amides is 1. The van der Waals surface area contributed by atoms with Crippen LogP contribution in [0.15, 0.2) is 30.6 Å². The summed E-state index contributed by atoms with van der Waals surface area (Å²) < 4.78 is 5.33. The van der Waals surface area contributed by atoms with E-state index in [1.165, 1.54) is 0 Å². The van der Waals surface area contributed by atoms with Crippen LogP contribution >= 0.6 is 0 Å². The summed E-state index contributed by atoms with van der Waals surface area (Å²) in [6.07, 6.45) is 5.10. The maximum Gasteiger partial charge on any atom is 0.407 e. The van der Waals surface area contributed by atoms with Crippen LogP contribution in [0.4, 0.5) is 10.6 Å². The molecule has 25 heavy (non-hydrogen) atoms. The lowest BCUT2D eigenvalue weighted by molar-refractivity contribution is 0.0492. The smallest absolute Gasteiger partial charge is 0.407 e. The van der Waals surface area contributed by atoms with E-state index in [0.717, 1.165) is 42.4 Å². The van der Waals surface area contributed by atoms with E-state index in [-0.39, 0.29) is 12.1 Å². The van der Waals surface area contributed by atoms with E-state index in [4.69, 9.17) is 4.74 Å². The van der Waals surface area contributed by atoms with Gasteiger partial charge in [-0.2, -0.15) is 0 Å². The van der Waals surface area contributed by atoms with Crippen LogP contribution in [0.1, 0.15) is 46.5 Å². The second-order valence-corrected chi connectivity index (χ2v) is 7.58. The van der Waals surface area contributed by atoms with Crippen LogP contribution < -0.4 is 10.6 Å². The zero-order valence-corrected chi connectivity index (χ0v) is 15.1. The van der Waals surface area contributed by atoms with Crippen LogP contribution in [-0.2, 0) is 4.74 Å². The number of nitrogens with one attached hydrogen (secondary N) is 2. The lowest BCUT2D eigenvalue weighted by Gasteiger charge is -2.31. The number of anilines is 1. The third kappa shape index (κ3) is 4.81. The van der Waals surface area contributed by atoms with Crippen LogP contribution in [0.2, 0.25) is 0 Å². The van der Waals surface area contributed by atoms with Gasteiger partial charge in [0.1, 0.15) is 17.7 Å². The number of carbonyl (C=O) groups is 1. The zero-order chi connectivity index (χ0) is 17.9. The molecule has 0 radical (unpaired) electrons. The summed E-state index contributed by atoms with van der Waals surface area (Å²) in [5.74, 6) is 0.883. The molecule has 0 aliphatic heterocycles. The Balaban J connectivity index is 1.53. The highest BCUT2D eigenvalue weighted by Gasteiger charge is 2.25. The first-order valence-electron chi connectivity index (χ1n) is 8.86. The maximum absolute atomic E-state index is 11.9. The molecule has 1 saturated carbocycles. The van der Waals surface area contributed by atoms with Crippen LogP contribution in [0.5, 0.6) is 0 Å². The van der Waals surface area contributed by atoms with Crippen molar-refractivity contribution in [1.29, 1.82) is 0 Å². The highest BCUT2D eigenvalue weighted by Crippen LogP contribution is 2.25. The summed E-state index contributed by atoms with van der Waals surface area (Å²) in [5.41, 5.74) is 0.483. The fourth-order valence-electron chi connectivity index (χ4n) is 3.17. The molecule has 0 atom stereocenters. The van der Waals surface area contributed by atoms with E-state index in [0.29, 0.717) is 6.04 Å².